The lowest BCUT2D eigenvalue weighted by molar-refractivity contribution is 0.112. The van der Waals surface area contributed by atoms with Crippen molar-refractivity contribution in [3.05, 3.63) is 34.2 Å². The Balaban J connectivity index is 2.75. The number of hydrogen-bond donors (Lipinski definition) is 0. The average Bonchev–Trinajstić information content (AvgIpc) is 2.46. The molecular formula is C9H5ClOS. The van der Waals surface area contributed by atoms with Crippen molar-refractivity contribution >= 4 is 39.3 Å². The van der Waals surface area contributed by atoms with Crippen LogP contribution in [0.15, 0.2) is 24.3 Å². The van der Waals surface area contributed by atoms with E-state index in [2.05, 4.69) is 0 Å². The average molecular weight is 197 g/mol. The number of hydrogen-bond acceptors (Lipinski definition) is 2. The molecule has 0 aliphatic heterocycles. The largest absolute Gasteiger partial charge is 0.297 e. The summed E-state index contributed by atoms with van der Waals surface area (Å²) in [6, 6.07) is 7.46. The van der Waals surface area contributed by atoms with E-state index in [1.807, 2.05) is 24.3 Å². The van der Waals surface area contributed by atoms with Gasteiger partial charge in [0.15, 0.2) is 6.29 Å². The Morgan fingerprint density at radius 1 is 1.33 bits per heavy atom. The zero-order valence-corrected chi connectivity index (χ0v) is 7.65. The molecule has 12 heavy (non-hydrogen) atoms. The zero-order chi connectivity index (χ0) is 8.55. The van der Waals surface area contributed by atoms with Crippen LogP contribution in [0.25, 0.3) is 10.1 Å². The van der Waals surface area contributed by atoms with Gasteiger partial charge < -0.3 is 0 Å². The molecule has 1 aromatic heterocycles. The van der Waals surface area contributed by atoms with Gasteiger partial charge in [-0.3, -0.25) is 4.79 Å². The Kier molecular flexibility index (Phi) is 1.87. The van der Waals surface area contributed by atoms with Crippen molar-refractivity contribution in [1.29, 1.82) is 0 Å². The van der Waals surface area contributed by atoms with Gasteiger partial charge in [0.2, 0.25) is 0 Å². The van der Waals surface area contributed by atoms with Crippen molar-refractivity contribution in [3.8, 4) is 0 Å². The zero-order valence-electron chi connectivity index (χ0n) is 6.08. The van der Waals surface area contributed by atoms with E-state index in [4.69, 9.17) is 11.6 Å². The minimum atomic E-state index is 0.706. The molecule has 0 saturated heterocycles. The van der Waals surface area contributed by atoms with E-state index >= 15 is 0 Å². The van der Waals surface area contributed by atoms with Gasteiger partial charge in [-0.15, -0.1) is 11.3 Å². The number of aldehydes is 1. The smallest absolute Gasteiger partial charge is 0.160 e. The SMILES string of the molecule is O=Cc1cc2cc(Cl)ccc2s1. The Bertz CT molecular complexity index is 433. The van der Waals surface area contributed by atoms with Crippen molar-refractivity contribution in [3.63, 3.8) is 0 Å². The summed E-state index contributed by atoms with van der Waals surface area (Å²) >= 11 is 7.27. The lowest BCUT2D eigenvalue weighted by Gasteiger charge is -1.87. The molecule has 1 heterocycles. The topological polar surface area (TPSA) is 17.1 Å². The lowest BCUT2D eigenvalue weighted by atomic mass is 10.2. The standard InChI is InChI=1S/C9H5ClOS/c10-7-1-2-9-6(3-7)4-8(5-11)12-9/h1-5H. The van der Waals surface area contributed by atoms with Gasteiger partial charge >= 0.3 is 0 Å². The van der Waals surface area contributed by atoms with Gasteiger partial charge in [0.1, 0.15) is 0 Å². The first-order chi connectivity index (χ1) is 5.79. The summed E-state index contributed by atoms with van der Waals surface area (Å²) in [6.07, 6.45) is 0.860. The quantitative estimate of drug-likeness (QED) is 0.640. The molecule has 0 atom stereocenters. The number of halogens is 1. The molecule has 1 nitrogen and oxygen atoms in total. The number of rotatable bonds is 1. The molecule has 0 bridgehead atoms. The van der Waals surface area contributed by atoms with E-state index < -0.39 is 0 Å². The maximum Gasteiger partial charge on any atom is 0.160 e. The second-order valence-corrected chi connectivity index (χ2v) is 4.00. The summed E-state index contributed by atoms with van der Waals surface area (Å²) in [4.78, 5) is 11.2. The number of carbonyl (C=O) groups is 1. The van der Waals surface area contributed by atoms with Gasteiger partial charge in [0.25, 0.3) is 0 Å². The normalized spacial score (nSPS) is 10.4. The van der Waals surface area contributed by atoms with Crippen molar-refractivity contribution in [2.24, 2.45) is 0 Å². The summed E-state index contributed by atoms with van der Waals surface area (Å²) in [6.45, 7) is 0. The molecule has 2 aromatic rings. The van der Waals surface area contributed by atoms with Crippen LogP contribution in [-0.4, -0.2) is 6.29 Å². The predicted octanol–water partition coefficient (Wildman–Crippen LogP) is 3.37. The molecule has 0 spiro atoms. The first-order valence-electron chi connectivity index (χ1n) is 3.44. The number of fused-ring (bicyclic) bond motifs is 1. The molecule has 0 aliphatic carbocycles. The van der Waals surface area contributed by atoms with Gasteiger partial charge in [0, 0.05) is 9.72 Å². The van der Waals surface area contributed by atoms with Crippen LogP contribution in [0.1, 0.15) is 9.67 Å². The highest BCUT2D eigenvalue weighted by Gasteiger charge is 2.00. The van der Waals surface area contributed by atoms with Gasteiger partial charge in [-0.2, -0.15) is 0 Å². The molecule has 1 aromatic carbocycles. The fraction of sp³-hybridized carbons (Fsp3) is 0. The minimum absolute atomic E-state index is 0.706. The van der Waals surface area contributed by atoms with E-state index in [0.717, 1.165) is 21.2 Å². The van der Waals surface area contributed by atoms with E-state index in [1.165, 1.54) is 11.3 Å². The first kappa shape index (κ1) is 7.77. The Morgan fingerprint density at radius 3 is 2.92 bits per heavy atom. The highest BCUT2D eigenvalue weighted by molar-refractivity contribution is 7.20. The third-order valence-electron chi connectivity index (χ3n) is 1.61. The van der Waals surface area contributed by atoms with Gasteiger partial charge in [-0.05, 0) is 29.7 Å². The number of thiophene rings is 1. The molecule has 0 fully saturated rings. The molecule has 3 heteroatoms. The van der Waals surface area contributed by atoms with Crippen LogP contribution < -0.4 is 0 Å². The summed E-state index contributed by atoms with van der Waals surface area (Å²) < 4.78 is 1.10. The Hall–Kier alpha value is -0.860. The van der Waals surface area contributed by atoms with Gasteiger partial charge in [-0.25, -0.2) is 0 Å². The molecule has 0 amide bonds. The van der Waals surface area contributed by atoms with E-state index in [1.54, 1.807) is 0 Å². The molecule has 0 N–H and O–H groups in total. The first-order valence-corrected chi connectivity index (χ1v) is 4.63. The summed E-state index contributed by atoms with van der Waals surface area (Å²) in [5, 5.41) is 1.74. The maximum absolute atomic E-state index is 10.4. The van der Waals surface area contributed by atoms with Crippen LogP contribution in [0.5, 0.6) is 0 Å². The van der Waals surface area contributed by atoms with Crippen LogP contribution in [-0.2, 0) is 0 Å². The molecular weight excluding hydrogens is 192 g/mol. The molecule has 0 radical (unpaired) electrons. The van der Waals surface area contributed by atoms with Crippen molar-refractivity contribution in [2.45, 2.75) is 0 Å². The fourth-order valence-electron chi connectivity index (χ4n) is 1.09. The van der Waals surface area contributed by atoms with Gasteiger partial charge in [0.05, 0.1) is 4.88 Å². The summed E-state index contributed by atoms with van der Waals surface area (Å²) in [5.74, 6) is 0. The van der Waals surface area contributed by atoms with E-state index in [-0.39, 0.29) is 0 Å². The highest BCUT2D eigenvalue weighted by atomic mass is 35.5. The monoisotopic (exact) mass is 196 g/mol. The minimum Gasteiger partial charge on any atom is -0.297 e. The van der Waals surface area contributed by atoms with Crippen molar-refractivity contribution < 1.29 is 4.79 Å². The molecule has 0 saturated carbocycles. The van der Waals surface area contributed by atoms with E-state index in [9.17, 15) is 4.79 Å². The fourth-order valence-corrected chi connectivity index (χ4v) is 2.13. The molecule has 0 unspecified atom stereocenters. The third-order valence-corrected chi connectivity index (χ3v) is 2.89. The van der Waals surface area contributed by atoms with E-state index in [0.29, 0.717) is 5.02 Å². The number of carbonyl (C=O) groups excluding carboxylic acids is 1. The third kappa shape index (κ3) is 1.24. The number of benzene rings is 1. The van der Waals surface area contributed by atoms with Crippen LogP contribution >= 0.6 is 22.9 Å². The van der Waals surface area contributed by atoms with Crippen LogP contribution in [0.4, 0.5) is 0 Å². The second kappa shape index (κ2) is 2.88. The van der Waals surface area contributed by atoms with Gasteiger partial charge in [-0.1, -0.05) is 11.6 Å². The Morgan fingerprint density at radius 2 is 2.17 bits per heavy atom. The lowest BCUT2D eigenvalue weighted by Crippen LogP contribution is -1.64. The van der Waals surface area contributed by atoms with Crippen LogP contribution in [0.2, 0.25) is 5.02 Å². The maximum atomic E-state index is 10.4. The molecule has 0 aliphatic rings. The van der Waals surface area contributed by atoms with Crippen LogP contribution in [0.3, 0.4) is 0 Å². The van der Waals surface area contributed by atoms with Crippen molar-refractivity contribution in [1.82, 2.24) is 0 Å². The highest BCUT2D eigenvalue weighted by Crippen LogP contribution is 2.26. The summed E-state index contributed by atoms with van der Waals surface area (Å²) in [5.41, 5.74) is 0. The van der Waals surface area contributed by atoms with Crippen LogP contribution in [0, 0.1) is 0 Å². The molecule has 60 valence electrons. The van der Waals surface area contributed by atoms with Crippen molar-refractivity contribution in [2.75, 3.05) is 0 Å². The Labute approximate surface area is 78.6 Å². The predicted molar refractivity (Wildman–Crippen MR) is 52.2 cm³/mol. The second-order valence-electron chi connectivity index (χ2n) is 2.45. The molecule has 2 rings (SSSR count). The summed E-state index contributed by atoms with van der Waals surface area (Å²) in [7, 11) is 0.